The lowest BCUT2D eigenvalue weighted by atomic mass is 10.3. The van der Waals surface area contributed by atoms with Crippen LogP contribution in [0.3, 0.4) is 0 Å². The molecule has 0 heterocycles. The first kappa shape index (κ1) is 16.3. The van der Waals surface area contributed by atoms with E-state index in [1.54, 1.807) is 0 Å². The molecule has 0 aromatic heterocycles. The summed E-state index contributed by atoms with van der Waals surface area (Å²) in [5.74, 6) is 0. The number of ether oxygens (including phenoxy) is 1. The summed E-state index contributed by atoms with van der Waals surface area (Å²) in [4.78, 5) is 9.66. The van der Waals surface area contributed by atoms with Crippen molar-refractivity contribution in [1.29, 1.82) is 0 Å². The highest BCUT2D eigenvalue weighted by Crippen LogP contribution is 2.25. The highest BCUT2D eigenvalue weighted by Gasteiger charge is 2.25. The molecule has 1 aromatic carbocycles. The lowest BCUT2D eigenvalue weighted by Gasteiger charge is -2.08. The lowest BCUT2D eigenvalue weighted by Crippen LogP contribution is -2.26. The predicted octanol–water partition coefficient (Wildman–Crippen LogP) is 0.882. The fourth-order valence-electron chi connectivity index (χ4n) is 1.50. The van der Waals surface area contributed by atoms with Gasteiger partial charge in [-0.2, -0.15) is 0 Å². The molecule has 0 bridgehead atoms. The molecule has 0 aliphatic heterocycles. The smallest absolute Gasteiger partial charge is 0.289 e. The molecule has 0 unspecified atom stereocenters. The van der Waals surface area contributed by atoms with E-state index in [9.17, 15) is 18.5 Å². The number of nitro groups is 1. The van der Waals surface area contributed by atoms with Crippen LogP contribution < -0.4 is 10.5 Å². The van der Waals surface area contributed by atoms with Crippen LogP contribution >= 0.6 is 0 Å². The van der Waals surface area contributed by atoms with E-state index >= 15 is 0 Å². The standard InChI is InChI=1S/C11H17N3O5S/c1-2-19-7-3-6-13-20(17,18)11-8-9(12)4-5-10(11)14(15)16/h4-5,8,13H,2-3,6-7,12H2,1H3. The average Bonchev–Trinajstić information content (AvgIpc) is 2.38. The third kappa shape index (κ3) is 4.44. The number of nitrogen functional groups attached to an aromatic ring is 1. The Kier molecular flexibility index (Phi) is 5.86. The fraction of sp³-hybridized carbons (Fsp3) is 0.455. The first-order valence-corrected chi connectivity index (χ1v) is 7.48. The molecule has 8 nitrogen and oxygen atoms in total. The Balaban J connectivity index is 2.86. The quantitative estimate of drug-likeness (QED) is 0.318. The van der Waals surface area contributed by atoms with Crippen LogP contribution in [0.2, 0.25) is 0 Å². The lowest BCUT2D eigenvalue weighted by molar-refractivity contribution is -0.387. The van der Waals surface area contributed by atoms with Crippen LogP contribution in [-0.2, 0) is 14.8 Å². The molecular weight excluding hydrogens is 286 g/mol. The van der Waals surface area contributed by atoms with Crippen LogP contribution in [0, 0.1) is 10.1 Å². The van der Waals surface area contributed by atoms with E-state index in [-0.39, 0.29) is 12.2 Å². The summed E-state index contributed by atoms with van der Waals surface area (Å²) < 4.78 is 31.4. The Bertz CT molecular complexity index is 573. The third-order valence-corrected chi connectivity index (χ3v) is 3.92. The van der Waals surface area contributed by atoms with Gasteiger partial charge in [0.1, 0.15) is 0 Å². The molecule has 0 atom stereocenters. The van der Waals surface area contributed by atoms with Crippen molar-refractivity contribution in [3.8, 4) is 0 Å². The molecule has 20 heavy (non-hydrogen) atoms. The van der Waals surface area contributed by atoms with Gasteiger partial charge in [0.05, 0.1) is 4.92 Å². The number of nitro benzene ring substituents is 1. The fourth-order valence-corrected chi connectivity index (χ4v) is 2.78. The molecule has 3 N–H and O–H groups in total. The zero-order chi connectivity index (χ0) is 15.2. The molecule has 0 aliphatic rings. The molecule has 0 radical (unpaired) electrons. The monoisotopic (exact) mass is 303 g/mol. The minimum Gasteiger partial charge on any atom is -0.399 e. The number of benzene rings is 1. The number of anilines is 1. The van der Waals surface area contributed by atoms with E-state index in [1.165, 1.54) is 6.07 Å². The van der Waals surface area contributed by atoms with Gasteiger partial charge in [0.25, 0.3) is 5.69 Å². The number of sulfonamides is 1. The maximum absolute atomic E-state index is 12.0. The maximum Gasteiger partial charge on any atom is 0.289 e. The summed E-state index contributed by atoms with van der Waals surface area (Å²) in [6.07, 6.45) is 0.475. The van der Waals surface area contributed by atoms with Gasteiger partial charge >= 0.3 is 0 Å². The zero-order valence-corrected chi connectivity index (χ0v) is 11.9. The van der Waals surface area contributed by atoms with Gasteiger partial charge in [0, 0.05) is 31.5 Å². The molecule has 9 heteroatoms. The second-order valence-corrected chi connectivity index (χ2v) is 5.67. The summed E-state index contributed by atoms with van der Waals surface area (Å²) in [7, 11) is -3.97. The van der Waals surface area contributed by atoms with E-state index in [1.807, 2.05) is 6.92 Å². The van der Waals surface area contributed by atoms with Gasteiger partial charge in [-0.05, 0) is 25.5 Å². The van der Waals surface area contributed by atoms with E-state index < -0.39 is 25.5 Å². The zero-order valence-electron chi connectivity index (χ0n) is 11.0. The molecule has 1 aromatic rings. The first-order valence-electron chi connectivity index (χ1n) is 6.00. The Hall–Kier alpha value is -1.71. The molecular formula is C11H17N3O5S. The van der Waals surface area contributed by atoms with Crippen molar-refractivity contribution in [3.05, 3.63) is 28.3 Å². The number of nitrogens with one attached hydrogen (secondary N) is 1. The van der Waals surface area contributed by atoms with Crippen LogP contribution in [0.5, 0.6) is 0 Å². The summed E-state index contributed by atoms with van der Waals surface area (Å²) in [6.45, 7) is 2.93. The molecule has 0 spiro atoms. The van der Waals surface area contributed by atoms with Gasteiger partial charge in [-0.25, -0.2) is 13.1 Å². The minimum atomic E-state index is -3.97. The van der Waals surface area contributed by atoms with Crippen LogP contribution in [0.15, 0.2) is 23.1 Å². The summed E-state index contributed by atoms with van der Waals surface area (Å²) >= 11 is 0. The molecule has 0 saturated carbocycles. The Morgan fingerprint density at radius 1 is 1.45 bits per heavy atom. The van der Waals surface area contributed by atoms with E-state index in [0.717, 1.165) is 12.1 Å². The third-order valence-electron chi connectivity index (χ3n) is 2.43. The van der Waals surface area contributed by atoms with Crippen LogP contribution in [0.1, 0.15) is 13.3 Å². The largest absolute Gasteiger partial charge is 0.399 e. The average molecular weight is 303 g/mol. The van der Waals surface area contributed by atoms with Crippen molar-refractivity contribution in [2.24, 2.45) is 0 Å². The van der Waals surface area contributed by atoms with Gasteiger partial charge in [-0.3, -0.25) is 10.1 Å². The summed E-state index contributed by atoms with van der Waals surface area (Å²) in [6, 6.07) is 3.43. The van der Waals surface area contributed by atoms with Gasteiger partial charge in [0.2, 0.25) is 10.0 Å². The number of hydrogen-bond donors (Lipinski definition) is 2. The molecule has 112 valence electrons. The second kappa shape index (κ2) is 7.17. The van der Waals surface area contributed by atoms with Crippen molar-refractivity contribution in [3.63, 3.8) is 0 Å². The van der Waals surface area contributed by atoms with E-state index in [2.05, 4.69) is 4.72 Å². The molecule has 1 rings (SSSR count). The molecule has 0 aliphatic carbocycles. The number of rotatable bonds is 8. The van der Waals surface area contributed by atoms with Crippen LogP contribution in [0.4, 0.5) is 11.4 Å². The SMILES string of the molecule is CCOCCCNS(=O)(=O)c1cc(N)ccc1[N+](=O)[O-]. The first-order chi connectivity index (χ1) is 9.38. The topological polar surface area (TPSA) is 125 Å². The van der Waals surface area contributed by atoms with Crippen molar-refractivity contribution >= 4 is 21.4 Å². The van der Waals surface area contributed by atoms with E-state index in [0.29, 0.717) is 19.6 Å². The highest BCUT2D eigenvalue weighted by atomic mass is 32.2. The Labute approximate surface area is 117 Å². The predicted molar refractivity (Wildman–Crippen MR) is 73.8 cm³/mol. The molecule has 0 saturated heterocycles. The number of nitrogens with zero attached hydrogens (tertiary/aromatic N) is 1. The molecule has 0 amide bonds. The van der Waals surface area contributed by atoms with Crippen molar-refractivity contribution < 1.29 is 18.1 Å². The van der Waals surface area contributed by atoms with Gasteiger partial charge < -0.3 is 10.5 Å². The summed E-state index contributed by atoms with van der Waals surface area (Å²) in [5.41, 5.74) is 5.12. The number of nitrogens with two attached hydrogens (primary N) is 1. The van der Waals surface area contributed by atoms with Crippen LogP contribution in [-0.4, -0.2) is 33.1 Å². The Morgan fingerprint density at radius 3 is 2.75 bits per heavy atom. The van der Waals surface area contributed by atoms with Crippen molar-refractivity contribution in [2.75, 3.05) is 25.5 Å². The minimum absolute atomic E-state index is 0.133. The maximum atomic E-state index is 12.0. The van der Waals surface area contributed by atoms with Crippen LogP contribution in [0.25, 0.3) is 0 Å². The molecule has 0 fully saturated rings. The van der Waals surface area contributed by atoms with E-state index in [4.69, 9.17) is 10.5 Å². The van der Waals surface area contributed by atoms with Gasteiger partial charge in [-0.15, -0.1) is 0 Å². The Morgan fingerprint density at radius 2 is 2.15 bits per heavy atom. The van der Waals surface area contributed by atoms with Crippen molar-refractivity contribution in [1.82, 2.24) is 4.72 Å². The second-order valence-electron chi connectivity index (χ2n) is 3.93. The number of hydrogen-bond acceptors (Lipinski definition) is 6. The van der Waals surface area contributed by atoms with Gasteiger partial charge in [-0.1, -0.05) is 0 Å². The van der Waals surface area contributed by atoms with Gasteiger partial charge in [0.15, 0.2) is 4.90 Å². The summed E-state index contributed by atoms with van der Waals surface area (Å²) in [5, 5.41) is 10.8. The normalized spacial score (nSPS) is 11.4. The highest BCUT2D eigenvalue weighted by molar-refractivity contribution is 7.89. The van der Waals surface area contributed by atoms with Crippen molar-refractivity contribution in [2.45, 2.75) is 18.2 Å².